The molecule has 0 aliphatic heterocycles. The third-order valence-corrected chi connectivity index (χ3v) is 8.52. The van der Waals surface area contributed by atoms with Crippen LogP contribution in [0.1, 0.15) is 49.8 Å². The van der Waals surface area contributed by atoms with E-state index in [4.69, 9.17) is 10.5 Å². The van der Waals surface area contributed by atoms with Crippen LogP contribution < -0.4 is 5.73 Å². The third-order valence-electron chi connectivity index (χ3n) is 7.47. The zero-order chi connectivity index (χ0) is 23.3. The molecule has 2 saturated carbocycles. The second-order valence-corrected chi connectivity index (χ2v) is 11.5. The number of carbonyl (C=O) groups is 1. The van der Waals surface area contributed by atoms with Gasteiger partial charge in [0.1, 0.15) is 5.60 Å². The Balaban J connectivity index is 1.61. The maximum absolute atomic E-state index is 13.0. The third kappa shape index (κ3) is 3.87. The Morgan fingerprint density at radius 2 is 1.67 bits per heavy atom. The first kappa shape index (κ1) is 22.2. The summed E-state index contributed by atoms with van der Waals surface area (Å²) < 4.78 is 34.0. The maximum Gasteiger partial charge on any atom is 0.236 e. The second-order valence-electron chi connectivity index (χ2n) is 9.68. The van der Waals surface area contributed by atoms with Crippen molar-refractivity contribution in [1.82, 2.24) is 3.97 Å². The highest BCUT2D eigenvalue weighted by molar-refractivity contribution is 7.89. The molecular weight excluding hydrogens is 436 g/mol. The van der Waals surface area contributed by atoms with Crippen molar-refractivity contribution in [2.75, 3.05) is 12.9 Å². The molecule has 2 aromatic carbocycles. The lowest BCUT2D eigenvalue weighted by Gasteiger charge is -2.45. The van der Waals surface area contributed by atoms with Crippen LogP contribution in [0, 0.1) is 5.92 Å². The van der Waals surface area contributed by atoms with E-state index in [2.05, 4.69) is 0 Å². The first-order valence-electron chi connectivity index (χ1n) is 11.6. The van der Waals surface area contributed by atoms with E-state index < -0.39 is 21.0 Å². The summed E-state index contributed by atoms with van der Waals surface area (Å²) in [6.07, 6.45) is 5.55. The standard InChI is InChI=1S/C26H30N2O4S/c1-33(30,31)28-22-10-6-5-7-20(22)17-23(28)26(32-18-19-11-12-19)15-13-25(14-16-26,24(27)29)21-8-3-2-4-9-21/h2-10,17,19H,11-16,18H2,1H3,(H2,27,29)/t25-,26-. The van der Waals surface area contributed by atoms with Crippen molar-refractivity contribution in [2.45, 2.75) is 49.5 Å². The average molecular weight is 467 g/mol. The quantitative estimate of drug-likeness (QED) is 0.568. The van der Waals surface area contributed by atoms with E-state index in [-0.39, 0.29) is 5.91 Å². The van der Waals surface area contributed by atoms with Gasteiger partial charge in [-0.3, -0.25) is 4.79 Å². The molecule has 0 radical (unpaired) electrons. The van der Waals surface area contributed by atoms with Crippen LogP contribution >= 0.6 is 0 Å². The number of benzene rings is 2. The summed E-state index contributed by atoms with van der Waals surface area (Å²) in [5, 5.41) is 0.863. The molecule has 6 nitrogen and oxygen atoms in total. The lowest BCUT2D eigenvalue weighted by atomic mass is 9.64. The van der Waals surface area contributed by atoms with E-state index >= 15 is 0 Å². The minimum absolute atomic E-state index is 0.340. The number of fused-ring (bicyclic) bond motifs is 1. The molecule has 1 amide bonds. The molecule has 33 heavy (non-hydrogen) atoms. The van der Waals surface area contributed by atoms with Gasteiger partial charge in [0.25, 0.3) is 0 Å². The number of rotatable bonds is 7. The van der Waals surface area contributed by atoms with Crippen molar-refractivity contribution < 1.29 is 17.9 Å². The number of primary amides is 1. The van der Waals surface area contributed by atoms with Crippen molar-refractivity contribution in [3.63, 3.8) is 0 Å². The number of nitrogens with two attached hydrogens (primary N) is 1. The summed E-state index contributed by atoms with van der Waals surface area (Å²) in [5.41, 5.74) is 6.61. The van der Waals surface area contributed by atoms with Gasteiger partial charge in [0.2, 0.25) is 15.9 Å². The van der Waals surface area contributed by atoms with Gasteiger partial charge in [-0.1, -0.05) is 48.5 Å². The summed E-state index contributed by atoms with van der Waals surface area (Å²) >= 11 is 0. The van der Waals surface area contributed by atoms with E-state index in [0.29, 0.717) is 49.4 Å². The van der Waals surface area contributed by atoms with Gasteiger partial charge in [0.15, 0.2) is 0 Å². The topological polar surface area (TPSA) is 91.4 Å². The van der Waals surface area contributed by atoms with Crippen LogP contribution in [0.3, 0.4) is 0 Å². The average Bonchev–Trinajstić information content (AvgIpc) is 3.54. The Hall–Kier alpha value is -2.64. The van der Waals surface area contributed by atoms with E-state index in [1.54, 1.807) is 0 Å². The number of hydrogen-bond donors (Lipinski definition) is 1. The highest BCUT2D eigenvalue weighted by Gasteiger charge is 2.50. The summed E-state index contributed by atoms with van der Waals surface area (Å²) in [4.78, 5) is 12.7. The van der Waals surface area contributed by atoms with Gasteiger partial charge < -0.3 is 10.5 Å². The molecule has 0 spiro atoms. The van der Waals surface area contributed by atoms with Crippen molar-refractivity contribution >= 4 is 26.8 Å². The lowest BCUT2D eigenvalue weighted by molar-refractivity contribution is -0.132. The fourth-order valence-corrected chi connectivity index (χ4v) is 6.46. The summed E-state index contributed by atoms with van der Waals surface area (Å²) in [7, 11) is -3.58. The molecule has 3 aromatic rings. The van der Waals surface area contributed by atoms with Gasteiger partial charge in [0, 0.05) is 5.39 Å². The zero-order valence-corrected chi connectivity index (χ0v) is 19.7. The largest absolute Gasteiger partial charge is 0.369 e. The molecular formula is C26H30N2O4S. The number of amides is 1. The smallest absolute Gasteiger partial charge is 0.236 e. The van der Waals surface area contributed by atoms with Crippen LogP contribution in [0.2, 0.25) is 0 Å². The molecule has 2 aliphatic carbocycles. The molecule has 0 unspecified atom stereocenters. The fraction of sp³-hybridized carbons (Fsp3) is 0.423. The van der Waals surface area contributed by atoms with Crippen LogP contribution in [0.15, 0.2) is 60.7 Å². The van der Waals surface area contributed by atoms with Gasteiger partial charge in [-0.25, -0.2) is 12.4 Å². The minimum atomic E-state index is -3.58. The molecule has 0 atom stereocenters. The van der Waals surface area contributed by atoms with Crippen LogP contribution in [-0.2, 0) is 30.6 Å². The zero-order valence-electron chi connectivity index (χ0n) is 18.9. The molecule has 5 rings (SSSR count). The first-order chi connectivity index (χ1) is 15.8. The predicted molar refractivity (Wildman–Crippen MR) is 128 cm³/mol. The van der Waals surface area contributed by atoms with E-state index in [9.17, 15) is 13.2 Å². The summed E-state index contributed by atoms with van der Waals surface area (Å²) in [6, 6.07) is 19.1. The number of hydrogen-bond acceptors (Lipinski definition) is 4. The molecule has 2 fully saturated rings. The Kier molecular flexibility index (Phi) is 5.37. The van der Waals surface area contributed by atoms with Crippen LogP contribution in [0.4, 0.5) is 0 Å². The highest BCUT2D eigenvalue weighted by Crippen LogP contribution is 2.51. The summed E-state index contributed by atoms with van der Waals surface area (Å²) in [5.74, 6) is 0.183. The molecule has 174 valence electrons. The fourth-order valence-electron chi connectivity index (χ4n) is 5.36. The van der Waals surface area contributed by atoms with Crippen LogP contribution in [-0.4, -0.2) is 31.2 Å². The van der Waals surface area contributed by atoms with Gasteiger partial charge in [0.05, 0.1) is 29.5 Å². The predicted octanol–water partition coefficient (Wildman–Crippen LogP) is 4.07. The molecule has 7 heteroatoms. The molecule has 1 heterocycles. The number of para-hydroxylation sites is 1. The monoisotopic (exact) mass is 466 g/mol. The Labute approximate surface area is 194 Å². The molecule has 1 aromatic heterocycles. The van der Waals surface area contributed by atoms with Crippen molar-refractivity contribution in [3.05, 3.63) is 71.9 Å². The maximum atomic E-state index is 13.0. The lowest BCUT2D eigenvalue weighted by Crippen LogP contribution is -2.49. The number of aromatic nitrogens is 1. The Bertz CT molecular complexity index is 1280. The van der Waals surface area contributed by atoms with Crippen molar-refractivity contribution in [2.24, 2.45) is 11.7 Å². The molecule has 2 aliphatic rings. The van der Waals surface area contributed by atoms with E-state index in [0.717, 1.165) is 23.8 Å². The SMILES string of the molecule is CS(=O)(=O)n1c2ccccc2cc1[C@]1(OCC2CC2)CC[C@@](C(N)=O)(c2ccccc2)CC1. The Morgan fingerprint density at radius 1 is 1.03 bits per heavy atom. The Morgan fingerprint density at radius 3 is 2.27 bits per heavy atom. The first-order valence-corrected chi connectivity index (χ1v) is 13.4. The van der Waals surface area contributed by atoms with Crippen molar-refractivity contribution in [1.29, 1.82) is 0 Å². The second kappa shape index (κ2) is 7.99. The van der Waals surface area contributed by atoms with Crippen LogP contribution in [0.25, 0.3) is 10.9 Å². The van der Waals surface area contributed by atoms with Crippen LogP contribution in [0.5, 0.6) is 0 Å². The number of ether oxygens (including phenoxy) is 1. The van der Waals surface area contributed by atoms with Gasteiger partial charge >= 0.3 is 0 Å². The number of carbonyl (C=O) groups excluding carboxylic acids is 1. The van der Waals surface area contributed by atoms with E-state index in [1.165, 1.54) is 10.2 Å². The number of nitrogens with zero attached hydrogens (tertiary/aromatic N) is 1. The van der Waals surface area contributed by atoms with Crippen molar-refractivity contribution in [3.8, 4) is 0 Å². The highest BCUT2D eigenvalue weighted by atomic mass is 32.2. The van der Waals surface area contributed by atoms with Gasteiger partial charge in [-0.2, -0.15) is 0 Å². The molecule has 0 saturated heterocycles. The van der Waals surface area contributed by atoms with Gasteiger partial charge in [-0.15, -0.1) is 0 Å². The molecule has 2 N–H and O–H groups in total. The molecule has 0 bridgehead atoms. The summed E-state index contributed by atoms with van der Waals surface area (Å²) in [6.45, 7) is 0.597. The van der Waals surface area contributed by atoms with Gasteiger partial charge in [-0.05, 0) is 62.1 Å². The normalized spacial score (nSPS) is 25.8. The van der Waals surface area contributed by atoms with E-state index in [1.807, 2.05) is 60.7 Å². The minimum Gasteiger partial charge on any atom is -0.369 e.